The average Bonchev–Trinajstić information content (AvgIpc) is 3.41. The summed E-state index contributed by atoms with van der Waals surface area (Å²) in [4.78, 5) is 28.8. The molecule has 0 spiro atoms. The van der Waals surface area contributed by atoms with Gasteiger partial charge in [-0.1, -0.05) is 61.9 Å². The van der Waals surface area contributed by atoms with E-state index in [9.17, 15) is 14.7 Å². The molecule has 234 valence electrons. The van der Waals surface area contributed by atoms with Crippen molar-refractivity contribution in [3.63, 3.8) is 0 Å². The first-order valence-electron chi connectivity index (χ1n) is 15.7. The number of ether oxygens (including phenoxy) is 3. The molecule has 3 aromatic rings. The number of hydrogen-bond acceptors (Lipinski definition) is 6. The smallest absolute Gasteiger partial charge is 0.309 e. The summed E-state index contributed by atoms with van der Waals surface area (Å²) in [5.41, 5.74) is 7.19. The van der Waals surface area contributed by atoms with E-state index in [0.29, 0.717) is 37.9 Å². The SMILES string of the molecule is CCc1cc(C)cc(CC)c1NC(=O)CN1C[C@H](c2ccc3c(c2)OCCO3)C(C(=O)O)[C@@H]1c1ccc(CCCOC)cc1. The quantitative estimate of drug-likeness (QED) is 0.248. The zero-order chi connectivity index (χ0) is 31.2. The number of benzene rings is 3. The normalized spacial score (nSPS) is 19.6. The van der Waals surface area contributed by atoms with E-state index in [1.54, 1.807) is 7.11 Å². The van der Waals surface area contributed by atoms with Crippen LogP contribution in [0.15, 0.2) is 54.6 Å². The van der Waals surface area contributed by atoms with Crippen LogP contribution in [-0.4, -0.2) is 61.9 Å². The van der Waals surface area contributed by atoms with Crippen LogP contribution in [0.5, 0.6) is 11.5 Å². The number of amides is 1. The van der Waals surface area contributed by atoms with Gasteiger partial charge in [0.25, 0.3) is 0 Å². The number of carboxylic acids is 1. The molecule has 8 heteroatoms. The molecule has 2 aliphatic heterocycles. The Morgan fingerprint density at radius 3 is 2.25 bits per heavy atom. The summed E-state index contributed by atoms with van der Waals surface area (Å²) in [6.45, 7) is 8.37. The fourth-order valence-electron chi connectivity index (χ4n) is 6.74. The highest BCUT2D eigenvalue weighted by Gasteiger charge is 2.48. The van der Waals surface area contributed by atoms with Crippen LogP contribution in [0.2, 0.25) is 0 Å². The van der Waals surface area contributed by atoms with E-state index in [1.165, 1.54) is 11.1 Å². The number of carboxylic acid groups (broad SMARTS) is 1. The number of aryl methyl sites for hydroxylation is 4. The van der Waals surface area contributed by atoms with Crippen LogP contribution >= 0.6 is 0 Å². The van der Waals surface area contributed by atoms with E-state index < -0.39 is 17.9 Å². The number of carbonyl (C=O) groups is 2. The minimum atomic E-state index is -0.887. The van der Waals surface area contributed by atoms with Crippen LogP contribution in [0.4, 0.5) is 5.69 Å². The third kappa shape index (κ3) is 6.92. The molecular formula is C36H44N2O6. The van der Waals surface area contributed by atoms with Crippen LogP contribution in [0.3, 0.4) is 0 Å². The molecule has 0 saturated carbocycles. The molecule has 5 rings (SSSR count). The summed E-state index contributed by atoms with van der Waals surface area (Å²) in [7, 11) is 1.70. The molecule has 8 nitrogen and oxygen atoms in total. The molecule has 44 heavy (non-hydrogen) atoms. The standard InChI is InChI=1S/C36H44N2O6/c1-5-25-18-23(3)19-26(6-2)34(25)37-32(39)22-38-21-29(28-13-14-30-31(20-28)44-17-16-43-30)33(36(40)41)35(38)27-11-9-24(10-12-27)8-7-15-42-4/h9-14,18-20,29,33,35H,5-8,15-17,21-22H2,1-4H3,(H,37,39)(H,40,41)/t29-,33?,35+/m1/s1. The highest BCUT2D eigenvalue weighted by Crippen LogP contribution is 2.47. The van der Waals surface area contributed by atoms with E-state index in [2.05, 4.69) is 50.4 Å². The lowest BCUT2D eigenvalue weighted by Gasteiger charge is -2.27. The van der Waals surface area contributed by atoms with Crippen LogP contribution in [-0.2, 0) is 33.6 Å². The van der Waals surface area contributed by atoms with Crippen LogP contribution in [0.25, 0.3) is 0 Å². The Balaban J connectivity index is 1.47. The van der Waals surface area contributed by atoms with E-state index >= 15 is 0 Å². The van der Waals surface area contributed by atoms with Crippen molar-refractivity contribution in [1.82, 2.24) is 4.90 Å². The van der Waals surface area contributed by atoms with Gasteiger partial charge in [-0.05, 0) is 72.6 Å². The molecule has 2 heterocycles. The molecule has 3 aromatic carbocycles. The van der Waals surface area contributed by atoms with Gasteiger partial charge in [0.15, 0.2) is 11.5 Å². The summed E-state index contributed by atoms with van der Waals surface area (Å²) < 4.78 is 16.7. The summed E-state index contributed by atoms with van der Waals surface area (Å²) >= 11 is 0. The fraction of sp³-hybridized carbons (Fsp3) is 0.444. The van der Waals surface area contributed by atoms with E-state index in [-0.39, 0.29) is 18.4 Å². The largest absolute Gasteiger partial charge is 0.486 e. The van der Waals surface area contributed by atoms with Gasteiger partial charge in [-0.25, -0.2) is 0 Å². The Morgan fingerprint density at radius 2 is 1.61 bits per heavy atom. The van der Waals surface area contributed by atoms with Crippen LogP contribution in [0.1, 0.15) is 65.6 Å². The van der Waals surface area contributed by atoms with Gasteiger partial charge in [0.05, 0.1) is 12.5 Å². The topological polar surface area (TPSA) is 97.3 Å². The second kappa shape index (κ2) is 14.3. The molecule has 1 amide bonds. The molecule has 1 fully saturated rings. The van der Waals surface area contributed by atoms with Crippen molar-refractivity contribution < 1.29 is 28.9 Å². The van der Waals surface area contributed by atoms with Crippen molar-refractivity contribution in [3.05, 3.63) is 88.0 Å². The minimum Gasteiger partial charge on any atom is -0.486 e. The average molecular weight is 601 g/mol. The third-order valence-electron chi connectivity index (χ3n) is 8.83. The highest BCUT2D eigenvalue weighted by molar-refractivity contribution is 5.94. The molecule has 0 aromatic heterocycles. The fourth-order valence-corrected chi connectivity index (χ4v) is 6.74. The molecule has 1 saturated heterocycles. The van der Waals surface area contributed by atoms with Gasteiger partial charge in [-0.15, -0.1) is 0 Å². The van der Waals surface area contributed by atoms with Crippen molar-refractivity contribution in [3.8, 4) is 11.5 Å². The first kappa shape index (κ1) is 31.5. The van der Waals surface area contributed by atoms with Crippen molar-refractivity contribution in [2.75, 3.05) is 45.3 Å². The summed E-state index contributed by atoms with van der Waals surface area (Å²) in [5.74, 6) is -0.850. The number of rotatable bonds is 12. The van der Waals surface area contributed by atoms with Gasteiger partial charge in [-0.2, -0.15) is 0 Å². The lowest BCUT2D eigenvalue weighted by molar-refractivity contribution is -0.143. The third-order valence-corrected chi connectivity index (χ3v) is 8.83. The maximum atomic E-state index is 13.7. The lowest BCUT2D eigenvalue weighted by atomic mass is 9.82. The Kier molecular flexibility index (Phi) is 10.2. The second-order valence-corrected chi connectivity index (χ2v) is 11.8. The Hall–Kier alpha value is -3.88. The Bertz CT molecular complexity index is 1440. The van der Waals surface area contributed by atoms with Crippen molar-refractivity contribution >= 4 is 17.6 Å². The van der Waals surface area contributed by atoms with E-state index in [0.717, 1.165) is 53.6 Å². The summed E-state index contributed by atoms with van der Waals surface area (Å²) in [5, 5.41) is 13.9. The van der Waals surface area contributed by atoms with Gasteiger partial charge in [0.2, 0.25) is 5.91 Å². The number of likely N-dealkylation sites (tertiary alicyclic amines) is 1. The first-order chi connectivity index (χ1) is 21.3. The zero-order valence-electron chi connectivity index (χ0n) is 26.2. The van der Waals surface area contributed by atoms with Crippen molar-refractivity contribution in [2.45, 2.75) is 58.4 Å². The molecule has 0 aliphatic carbocycles. The highest BCUT2D eigenvalue weighted by atomic mass is 16.6. The zero-order valence-corrected chi connectivity index (χ0v) is 26.2. The maximum Gasteiger partial charge on any atom is 0.309 e. The monoisotopic (exact) mass is 600 g/mol. The predicted molar refractivity (Wildman–Crippen MR) is 171 cm³/mol. The molecule has 0 radical (unpaired) electrons. The number of anilines is 1. The number of nitrogens with zero attached hydrogens (tertiary/aromatic N) is 1. The Morgan fingerprint density at radius 1 is 0.955 bits per heavy atom. The first-order valence-corrected chi connectivity index (χ1v) is 15.7. The van der Waals surface area contributed by atoms with Crippen LogP contribution in [0, 0.1) is 12.8 Å². The molecule has 0 bridgehead atoms. The number of hydrogen-bond donors (Lipinski definition) is 2. The minimum absolute atomic E-state index is 0.0747. The van der Waals surface area contributed by atoms with Crippen LogP contribution < -0.4 is 14.8 Å². The molecule has 3 atom stereocenters. The molecular weight excluding hydrogens is 556 g/mol. The maximum absolute atomic E-state index is 13.7. The van der Waals surface area contributed by atoms with E-state index in [4.69, 9.17) is 14.2 Å². The Labute approximate surface area is 260 Å². The van der Waals surface area contributed by atoms with Gasteiger partial charge in [0, 0.05) is 37.9 Å². The number of methoxy groups -OCH3 is 1. The number of aliphatic carboxylic acids is 1. The molecule has 2 N–H and O–H groups in total. The number of carbonyl (C=O) groups excluding carboxylic acids is 1. The van der Waals surface area contributed by atoms with Crippen molar-refractivity contribution in [1.29, 1.82) is 0 Å². The van der Waals surface area contributed by atoms with Gasteiger partial charge >= 0.3 is 5.97 Å². The van der Waals surface area contributed by atoms with Gasteiger partial charge < -0.3 is 24.6 Å². The predicted octanol–water partition coefficient (Wildman–Crippen LogP) is 5.95. The molecule has 1 unspecified atom stereocenters. The van der Waals surface area contributed by atoms with Gasteiger partial charge in [-0.3, -0.25) is 14.5 Å². The second-order valence-electron chi connectivity index (χ2n) is 11.8. The molecule has 2 aliphatic rings. The number of fused-ring (bicyclic) bond motifs is 1. The van der Waals surface area contributed by atoms with E-state index in [1.807, 2.05) is 35.2 Å². The summed E-state index contributed by atoms with van der Waals surface area (Å²) in [6, 6.07) is 17.6. The lowest BCUT2D eigenvalue weighted by Crippen LogP contribution is -2.35. The summed E-state index contributed by atoms with van der Waals surface area (Å²) in [6.07, 6.45) is 3.40. The number of nitrogens with one attached hydrogen (secondary N) is 1. The van der Waals surface area contributed by atoms with Gasteiger partial charge in [0.1, 0.15) is 13.2 Å². The van der Waals surface area contributed by atoms with Crippen molar-refractivity contribution in [2.24, 2.45) is 5.92 Å².